The number of benzene rings is 2. The molecule has 0 N–H and O–H groups in total. The highest BCUT2D eigenvalue weighted by molar-refractivity contribution is 8.04. The van der Waals surface area contributed by atoms with E-state index in [4.69, 9.17) is 18.9 Å². The van der Waals surface area contributed by atoms with Crippen LogP contribution in [0.3, 0.4) is 0 Å². The van der Waals surface area contributed by atoms with Gasteiger partial charge in [0.05, 0.1) is 7.74 Å². The smallest absolute Gasteiger partial charge is 0.188 e. The number of ether oxygens (including phenoxy) is 4. The Kier molecular flexibility index (Phi) is 9.20. The molecule has 0 saturated carbocycles. The maximum atomic E-state index is 6.31. The SMILES string of the molecule is COCOc1c(P(c2cccc(C(C)(C)C)c2OCOC)[Si](C)(C)C)cccc1C(C)(C)C. The van der Waals surface area contributed by atoms with Crippen LogP contribution < -0.4 is 20.1 Å². The van der Waals surface area contributed by atoms with Crippen LogP contribution in [0.1, 0.15) is 52.7 Å². The molecule has 0 amide bonds. The predicted molar refractivity (Wildman–Crippen MR) is 145 cm³/mol. The van der Waals surface area contributed by atoms with Gasteiger partial charge in [0.1, 0.15) is 11.5 Å². The fourth-order valence-corrected chi connectivity index (χ4v) is 12.3. The summed E-state index contributed by atoms with van der Waals surface area (Å²) in [6.07, 6.45) is 0. The first-order valence-electron chi connectivity index (χ1n) is 11.5. The molecule has 0 unspecified atom stereocenters. The van der Waals surface area contributed by atoms with Crippen LogP contribution in [0, 0.1) is 0 Å². The van der Waals surface area contributed by atoms with Gasteiger partial charge in [0.2, 0.25) is 0 Å². The average molecular weight is 491 g/mol. The van der Waals surface area contributed by atoms with Crippen LogP contribution in [-0.2, 0) is 20.3 Å². The summed E-state index contributed by atoms with van der Waals surface area (Å²) in [7, 11) is 0.876. The normalized spacial score (nSPS) is 12.8. The molecular formula is C27H43O4PSi. The summed E-state index contributed by atoms with van der Waals surface area (Å²) in [5.41, 5.74) is 2.30. The van der Waals surface area contributed by atoms with E-state index < -0.39 is 15.2 Å². The Bertz CT molecular complexity index is 854. The standard InChI is InChI=1S/C27H43O4PSi/c1-26(2,3)20-14-12-16-22(24(20)30-18-28-7)32(33(9,10)11)23-17-13-15-21(27(4,5)6)25(23)31-19-29-8/h12-17H,18-19H2,1-11H3. The lowest BCUT2D eigenvalue weighted by atomic mass is 9.86. The molecule has 0 aliphatic rings. The molecule has 2 aromatic carbocycles. The van der Waals surface area contributed by atoms with Gasteiger partial charge in [0.15, 0.2) is 13.6 Å². The Morgan fingerprint density at radius 2 is 1.03 bits per heavy atom. The number of hydrogen-bond acceptors (Lipinski definition) is 4. The van der Waals surface area contributed by atoms with Crippen LogP contribution >= 0.6 is 7.47 Å². The van der Waals surface area contributed by atoms with Crippen molar-refractivity contribution in [1.29, 1.82) is 0 Å². The molecule has 6 heteroatoms. The van der Waals surface area contributed by atoms with E-state index in [1.165, 1.54) is 21.7 Å². The Morgan fingerprint density at radius 3 is 1.30 bits per heavy atom. The van der Waals surface area contributed by atoms with Crippen molar-refractivity contribution in [3.63, 3.8) is 0 Å². The average Bonchev–Trinajstić information content (AvgIpc) is 2.69. The maximum Gasteiger partial charge on any atom is 0.188 e. The Balaban J connectivity index is 2.89. The molecule has 0 spiro atoms. The molecule has 4 nitrogen and oxygen atoms in total. The van der Waals surface area contributed by atoms with Crippen molar-refractivity contribution < 1.29 is 18.9 Å². The summed E-state index contributed by atoms with van der Waals surface area (Å²) in [5, 5.41) is 2.53. The van der Waals surface area contributed by atoms with Crippen molar-refractivity contribution in [3.8, 4) is 11.5 Å². The van der Waals surface area contributed by atoms with E-state index in [1.807, 2.05) is 0 Å². The molecule has 0 saturated heterocycles. The molecule has 0 aliphatic heterocycles. The zero-order valence-corrected chi connectivity index (χ0v) is 24.4. The molecule has 2 rings (SSSR count). The second kappa shape index (κ2) is 10.9. The lowest BCUT2D eigenvalue weighted by Crippen LogP contribution is -2.34. The third-order valence-corrected chi connectivity index (χ3v) is 13.9. The van der Waals surface area contributed by atoms with Gasteiger partial charge in [0, 0.05) is 36.0 Å². The van der Waals surface area contributed by atoms with Crippen molar-refractivity contribution in [3.05, 3.63) is 47.5 Å². The third-order valence-electron chi connectivity index (χ3n) is 5.40. The fourth-order valence-electron chi connectivity index (χ4n) is 3.97. The van der Waals surface area contributed by atoms with E-state index in [-0.39, 0.29) is 24.4 Å². The monoisotopic (exact) mass is 490 g/mol. The molecule has 184 valence electrons. The highest BCUT2D eigenvalue weighted by atomic mass is 31.4. The number of methoxy groups -OCH3 is 2. The minimum atomic E-state index is -1.75. The minimum absolute atomic E-state index is 0.0534. The van der Waals surface area contributed by atoms with Crippen LogP contribution in [-0.4, -0.2) is 35.5 Å². The summed E-state index contributed by atoms with van der Waals surface area (Å²) < 4.78 is 23.3. The first kappa shape index (κ1) is 27.8. The maximum absolute atomic E-state index is 6.31. The topological polar surface area (TPSA) is 36.9 Å². The molecule has 0 heterocycles. The van der Waals surface area contributed by atoms with Gasteiger partial charge in [-0.05, 0) is 10.8 Å². The second-order valence-electron chi connectivity index (χ2n) is 11.4. The fraction of sp³-hybridized carbons (Fsp3) is 0.556. The third kappa shape index (κ3) is 6.82. The largest absolute Gasteiger partial charge is 0.467 e. The molecule has 0 aromatic heterocycles. The van der Waals surface area contributed by atoms with Crippen molar-refractivity contribution in [2.75, 3.05) is 27.8 Å². The molecular weight excluding hydrogens is 447 g/mol. The zero-order valence-electron chi connectivity index (χ0n) is 22.5. The number of para-hydroxylation sites is 2. The highest BCUT2D eigenvalue weighted by Gasteiger charge is 2.37. The first-order chi connectivity index (χ1) is 15.2. The van der Waals surface area contributed by atoms with Crippen LogP contribution in [0.15, 0.2) is 36.4 Å². The molecule has 2 aromatic rings. The van der Waals surface area contributed by atoms with Crippen molar-refractivity contribution in [2.24, 2.45) is 0 Å². The predicted octanol–water partition coefficient (Wildman–Crippen LogP) is 6.51. The lowest BCUT2D eigenvalue weighted by Gasteiger charge is -2.36. The van der Waals surface area contributed by atoms with Crippen molar-refractivity contribution in [2.45, 2.75) is 72.0 Å². The summed E-state index contributed by atoms with van der Waals surface area (Å²) >= 11 is 0. The Morgan fingerprint density at radius 1 is 0.667 bits per heavy atom. The van der Waals surface area contributed by atoms with E-state index in [2.05, 4.69) is 97.6 Å². The molecule has 33 heavy (non-hydrogen) atoms. The lowest BCUT2D eigenvalue weighted by molar-refractivity contribution is 0.0506. The molecule has 0 aliphatic carbocycles. The van der Waals surface area contributed by atoms with Crippen molar-refractivity contribution >= 4 is 25.8 Å². The summed E-state index contributed by atoms with van der Waals surface area (Å²) in [6.45, 7) is 21.2. The van der Waals surface area contributed by atoms with Crippen LogP contribution in [0.2, 0.25) is 19.6 Å². The van der Waals surface area contributed by atoms with E-state index in [1.54, 1.807) is 14.2 Å². The number of rotatable bonds is 9. The summed E-state index contributed by atoms with van der Waals surface area (Å²) in [5.74, 6) is 1.92. The summed E-state index contributed by atoms with van der Waals surface area (Å²) in [4.78, 5) is 0. The van der Waals surface area contributed by atoms with Gasteiger partial charge in [-0.2, -0.15) is 0 Å². The molecule has 0 fully saturated rings. The first-order valence-corrected chi connectivity index (χ1v) is 17.2. The molecule has 0 radical (unpaired) electrons. The van der Waals surface area contributed by atoms with E-state index in [0.29, 0.717) is 0 Å². The van der Waals surface area contributed by atoms with Gasteiger partial charge in [-0.1, -0.05) is 105 Å². The van der Waals surface area contributed by atoms with E-state index >= 15 is 0 Å². The Hall–Kier alpha value is -1.39. The molecule has 0 bridgehead atoms. The molecule has 0 atom stereocenters. The zero-order chi connectivity index (χ0) is 25.0. The second-order valence-corrected chi connectivity index (χ2v) is 22.8. The van der Waals surface area contributed by atoms with E-state index in [9.17, 15) is 0 Å². The van der Waals surface area contributed by atoms with Crippen molar-refractivity contribution in [1.82, 2.24) is 0 Å². The van der Waals surface area contributed by atoms with Gasteiger partial charge >= 0.3 is 0 Å². The van der Waals surface area contributed by atoms with Crippen LogP contribution in [0.5, 0.6) is 11.5 Å². The number of hydrogen-bond donors (Lipinski definition) is 0. The quantitative estimate of drug-likeness (QED) is 0.228. The van der Waals surface area contributed by atoms with Crippen LogP contribution in [0.25, 0.3) is 0 Å². The van der Waals surface area contributed by atoms with Gasteiger partial charge < -0.3 is 18.9 Å². The minimum Gasteiger partial charge on any atom is -0.467 e. The van der Waals surface area contributed by atoms with Gasteiger partial charge in [-0.25, -0.2) is 0 Å². The Labute approximate surface area is 203 Å². The van der Waals surface area contributed by atoms with Gasteiger partial charge in [-0.3, -0.25) is 0 Å². The van der Waals surface area contributed by atoms with Gasteiger partial charge in [0.25, 0.3) is 0 Å². The van der Waals surface area contributed by atoms with E-state index in [0.717, 1.165) is 11.5 Å². The van der Waals surface area contributed by atoms with Gasteiger partial charge in [-0.15, -0.1) is 0 Å². The van der Waals surface area contributed by atoms with Crippen LogP contribution in [0.4, 0.5) is 0 Å². The highest BCUT2D eigenvalue weighted by Crippen LogP contribution is 2.51. The summed E-state index contributed by atoms with van der Waals surface area (Å²) in [6, 6.07) is 13.2.